The van der Waals surface area contributed by atoms with Crippen LogP contribution in [0, 0.1) is 12.8 Å². The van der Waals surface area contributed by atoms with Crippen molar-refractivity contribution < 1.29 is 23.9 Å². The topological polar surface area (TPSA) is 69.7 Å². The Hall–Kier alpha value is -3.73. The maximum Gasteiger partial charge on any atom is 0.326 e. The van der Waals surface area contributed by atoms with E-state index in [4.69, 9.17) is 9.47 Å². The van der Waals surface area contributed by atoms with Crippen LogP contribution in [0.3, 0.4) is 0 Å². The number of hydrogen-bond acceptors (Lipinski definition) is 5. The van der Waals surface area contributed by atoms with Crippen LogP contribution >= 0.6 is 0 Å². The molecule has 0 fully saturated rings. The maximum absolute atomic E-state index is 13.8. The van der Waals surface area contributed by atoms with Gasteiger partial charge in [-0.25, -0.2) is 0 Å². The second kappa shape index (κ2) is 8.56. The SMILES string of the molecule is COC(=O)C1C(=O)Oc2ccccc2C1C(C(=O)c1ccc(C)cc1)c1ccccc1. The fourth-order valence-electron chi connectivity index (χ4n) is 4.17. The maximum atomic E-state index is 13.8. The number of ketones is 1. The van der Waals surface area contributed by atoms with Crippen LogP contribution in [0.1, 0.15) is 38.9 Å². The molecule has 5 heteroatoms. The largest absolute Gasteiger partial charge is 0.468 e. The monoisotopic (exact) mass is 414 g/mol. The van der Waals surface area contributed by atoms with E-state index in [1.807, 2.05) is 49.4 Å². The summed E-state index contributed by atoms with van der Waals surface area (Å²) in [4.78, 5) is 39.4. The number of esters is 2. The predicted octanol–water partition coefficient (Wildman–Crippen LogP) is 4.45. The van der Waals surface area contributed by atoms with Crippen molar-refractivity contribution in [3.8, 4) is 5.75 Å². The molecule has 0 bridgehead atoms. The summed E-state index contributed by atoms with van der Waals surface area (Å²) in [7, 11) is 1.23. The van der Waals surface area contributed by atoms with Gasteiger partial charge < -0.3 is 9.47 Å². The molecule has 3 aromatic carbocycles. The molecule has 1 heterocycles. The fourth-order valence-corrected chi connectivity index (χ4v) is 4.17. The third-order valence-corrected chi connectivity index (χ3v) is 5.69. The highest BCUT2D eigenvalue weighted by atomic mass is 16.6. The van der Waals surface area contributed by atoms with Crippen LogP contribution in [0.2, 0.25) is 0 Å². The zero-order chi connectivity index (χ0) is 22.0. The highest BCUT2D eigenvalue weighted by molar-refractivity contribution is 6.05. The molecule has 0 aliphatic carbocycles. The summed E-state index contributed by atoms with van der Waals surface area (Å²) in [5, 5.41) is 0. The Kier molecular flexibility index (Phi) is 5.67. The minimum Gasteiger partial charge on any atom is -0.468 e. The molecule has 0 radical (unpaired) electrons. The molecule has 0 saturated heterocycles. The minimum absolute atomic E-state index is 0.172. The number of benzene rings is 3. The molecule has 3 unspecified atom stereocenters. The molecule has 0 N–H and O–H groups in total. The first-order valence-corrected chi connectivity index (χ1v) is 10.1. The van der Waals surface area contributed by atoms with Gasteiger partial charge in [0.1, 0.15) is 5.75 Å². The number of ether oxygens (including phenoxy) is 2. The lowest BCUT2D eigenvalue weighted by Crippen LogP contribution is -2.42. The average molecular weight is 414 g/mol. The summed E-state index contributed by atoms with van der Waals surface area (Å²) in [6.07, 6.45) is 0. The van der Waals surface area contributed by atoms with E-state index in [1.54, 1.807) is 36.4 Å². The van der Waals surface area contributed by atoms with Gasteiger partial charge in [-0.05, 0) is 18.6 Å². The van der Waals surface area contributed by atoms with Gasteiger partial charge in [-0.15, -0.1) is 0 Å². The van der Waals surface area contributed by atoms with E-state index >= 15 is 0 Å². The summed E-state index contributed by atoms with van der Waals surface area (Å²) in [6.45, 7) is 1.95. The molecular weight excluding hydrogens is 392 g/mol. The van der Waals surface area contributed by atoms with E-state index < -0.39 is 29.7 Å². The van der Waals surface area contributed by atoms with Crippen LogP contribution in [0.25, 0.3) is 0 Å². The van der Waals surface area contributed by atoms with E-state index in [0.29, 0.717) is 16.9 Å². The molecule has 4 rings (SSSR count). The first-order chi connectivity index (χ1) is 15.0. The molecule has 0 amide bonds. The predicted molar refractivity (Wildman–Crippen MR) is 115 cm³/mol. The lowest BCUT2D eigenvalue weighted by molar-refractivity contribution is -0.157. The first-order valence-electron chi connectivity index (χ1n) is 10.1. The lowest BCUT2D eigenvalue weighted by Gasteiger charge is -2.35. The normalized spacial score (nSPS) is 18.5. The Balaban J connectivity index is 1.93. The molecule has 0 saturated carbocycles. The van der Waals surface area contributed by atoms with Gasteiger partial charge in [-0.3, -0.25) is 14.4 Å². The lowest BCUT2D eigenvalue weighted by atomic mass is 9.69. The molecular formula is C26H22O5. The molecule has 0 spiro atoms. The summed E-state index contributed by atoms with van der Waals surface area (Å²) in [5.41, 5.74) is 2.90. The van der Waals surface area contributed by atoms with Crippen LogP contribution < -0.4 is 4.74 Å². The van der Waals surface area contributed by atoms with Gasteiger partial charge in [-0.1, -0.05) is 78.4 Å². The highest BCUT2D eigenvalue weighted by Crippen LogP contribution is 2.47. The van der Waals surface area contributed by atoms with Gasteiger partial charge in [0.25, 0.3) is 0 Å². The summed E-state index contributed by atoms with van der Waals surface area (Å²) in [6, 6.07) is 23.5. The third kappa shape index (κ3) is 3.87. The van der Waals surface area contributed by atoms with Crippen LogP contribution in [0.15, 0.2) is 78.9 Å². The van der Waals surface area contributed by atoms with Crippen molar-refractivity contribution in [3.63, 3.8) is 0 Å². The van der Waals surface area contributed by atoms with E-state index in [1.165, 1.54) is 7.11 Å². The number of Topliss-reactive ketones (excluding diaryl/α,β-unsaturated/α-hetero) is 1. The van der Waals surface area contributed by atoms with E-state index in [2.05, 4.69) is 0 Å². The van der Waals surface area contributed by atoms with Gasteiger partial charge in [0, 0.05) is 17.0 Å². The Labute approximate surface area is 180 Å². The second-order valence-corrected chi connectivity index (χ2v) is 7.60. The molecule has 5 nitrogen and oxygen atoms in total. The fraction of sp³-hybridized carbons (Fsp3) is 0.192. The number of carbonyl (C=O) groups is 3. The zero-order valence-electron chi connectivity index (χ0n) is 17.3. The molecule has 31 heavy (non-hydrogen) atoms. The number of rotatable bonds is 5. The van der Waals surface area contributed by atoms with E-state index in [-0.39, 0.29) is 5.78 Å². The summed E-state index contributed by atoms with van der Waals surface area (Å²) < 4.78 is 10.4. The second-order valence-electron chi connectivity index (χ2n) is 7.60. The number of aryl methyl sites for hydroxylation is 1. The van der Waals surface area contributed by atoms with E-state index in [0.717, 1.165) is 11.1 Å². The molecule has 1 aliphatic heterocycles. The smallest absolute Gasteiger partial charge is 0.326 e. The standard InChI is InChI=1S/C26H22O5/c1-16-12-14-18(15-13-16)24(27)21(17-8-4-3-5-9-17)22-19-10-6-7-11-20(19)31-26(29)23(22)25(28)30-2/h3-15,21-23H,1-2H3. The summed E-state index contributed by atoms with van der Waals surface area (Å²) >= 11 is 0. The van der Waals surface area contributed by atoms with Crippen molar-refractivity contribution >= 4 is 17.7 Å². The number of methoxy groups -OCH3 is 1. The van der Waals surface area contributed by atoms with Crippen LogP contribution in [-0.4, -0.2) is 24.8 Å². The quantitative estimate of drug-likeness (QED) is 0.267. The first kappa shape index (κ1) is 20.5. The van der Waals surface area contributed by atoms with Gasteiger partial charge >= 0.3 is 11.9 Å². The number of para-hydroxylation sites is 1. The number of fused-ring (bicyclic) bond motifs is 1. The molecule has 156 valence electrons. The minimum atomic E-state index is -1.25. The van der Waals surface area contributed by atoms with Gasteiger partial charge in [0.05, 0.1) is 13.0 Å². The van der Waals surface area contributed by atoms with E-state index in [9.17, 15) is 14.4 Å². The summed E-state index contributed by atoms with van der Waals surface area (Å²) in [5.74, 6) is -4.04. The van der Waals surface area contributed by atoms with Crippen LogP contribution in [0.5, 0.6) is 5.75 Å². The van der Waals surface area contributed by atoms with Crippen molar-refractivity contribution in [1.82, 2.24) is 0 Å². The average Bonchev–Trinajstić information content (AvgIpc) is 2.79. The third-order valence-electron chi connectivity index (χ3n) is 5.69. The molecule has 3 aromatic rings. The molecule has 0 aromatic heterocycles. The number of hydrogen-bond donors (Lipinski definition) is 0. The van der Waals surface area contributed by atoms with Crippen LogP contribution in [0.4, 0.5) is 0 Å². The van der Waals surface area contributed by atoms with Gasteiger partial charge in [-0.2, -0.15) is 0 Å². The Morgan fingerprint density at radius 3 is 2.23 bits per heavy atom. The zero-order valence-corrected chi connectivity index (χ0v) is 17.3. The van der Waals surface area contributed by atoms with Crippen molar-refractivity contribution in [3.05, 3.63) is 101 Å². The Morgan fingerprint density at radius 1 is 0.903 bits per heavy atom. The van der Waals surface area contributed by atoms with Crippen molar-refractivity contribution in [2.45, 2.75) is 18.8 Å². The van der Waals surface area contributed by atoms with Crippen molar-refractivity contribution in [2.24, 2.45) is 5.92 Å². The van der Waals surface area contributed by atoms with Crippen molar-refractivity contribution in [2.75, 3.05) is 7.11 Å². The molecule has 3 atom stereocenters. The Bertz CT molecular complexity index is 1120. The van der Waals surface area contributed by atoms with Gasteiger partial charge in [0.2, 0.25) is 0 Å². The number of carbonyl (C=O) groups excluding carboxylic acids is 3. The van der Waals surface area contributed by atoms with Gasteiger partial charge in [0.15, 0.2) is 11.7 Å². The highest BCUT2D eigenvalue weighted by Gasteiger charge is 2.49. The van der Waals surface area contributed by atoms with Crippen molar-refractivity contribution in [1.29, 1.82) is 0 Å². The molecule has 1 aliphatic rings. The Morgan fingerprint density at radius 2 is 1.55 bits per heavy atom. The van der Waals surface area contributed by atoms with Crippen LogP contribution in [-0.2, 0) is 14.3 Å².